The number of hydrogen-bond acceptors (Lipinski definition) is 5. The van der Waals surface area contributed by atoms with Crippen molar-refractivity contribution in [2.45, 2.75) is 19.4 Å². The summed E-state index contributed by atoms with van der Waals surface area (Å²) >= 11 is 0. The number of hydrogen-bond donors (Lipinski definition) is 1. The van der Waals surface area contributed by atoms with Gasteiger partial charge in [-0.25, -0.2) is 0 Å². The van der Waals surface area contributed by atoms with Crippen LogP contribution in [0.1, 0.15) is 29.2 Å². The molecule has 0 aliphatic carbocycles. The van der Waals surface area contributed by atoms with Crippen LogP contribution in [-0.4, -0.2) is 55.9 Å². The van der Waals surface area contributed by atoms with E-state index in [0.29, 0.717) is 23.4 Å². The molecule has 1 saturated heterocycles. The Labute approximate surface area is 176 Å². The predicted molar refractivity (Wildman–Crippen MR) is 111 cm³/mol. The molecule has 1 aliphatic rings. The third kappa shape index (κ3) is 4.21. The fraction of sp³-hybridized carbons (Fsp3) is 0.348. The summed E-state index contributed by atoms with van der Waals surface area (Å²) in [6.07, 6.45) is 3.93. The number of carbonyl (C=O) groups is 2. The number of nitrogens with one attached hydrogen (secondary N) is 1. The molecule has 2 heterocycles. The Morgan fingerprint density at radius 2 is 1.90 bits per heavy atom. The van der Waals surface area contributed by atoms with Crippen molar-refractivity contribution in [3.63, 3.8) is 0 Å². The number of aryl methyl sites for hydroxylation is 1. The number of carbonyl (C=O) groups excluding carboxylic acids is 2. The number of ketones is 1. The molecule has 7 heteroatoms. The van der Waals surface area contributed by atoms with Crippen LogP contribution in [0.3, 0.4) is 0 Å². The second-order valence-electron chi connectivity index (χ2n) is 7.75. The lowest BCUT2D eigenvalue weighted by Gasteiger charge is -2.27. The maximum atomic E-state index is 13.4. The Morgan fingerprint density at radius 3 is 2.50 bits per heavy atom. The van der Waals surface area contributed by atoms with Crippen LogP contribution in [0.5, 0.6) is 5.75 Å². The van der Waals surface area contributed by atoms with E-state index in [2.05, 4.69) is 4.98 Å². The first-order valence-electron chi connectivity index (χ1n) is 9.95. The summed E-state index contributed by atoms with van der Waals surface area (Å²) in [7, 11) is 5.62. The van der Waals surface area contributed by atoms with Gasteiger partial charge in [-0.2, -0.15) is 0 Å². The van der Waals surface area contributed by atoms with Gasteiger partial charge in [0.1, 0.15) is 5.75 Å². The van der Waals surface area contributed by atoms with Crippen molar-refractivity contribution in [3.05, 3.63) is 65.0 Å². The normalized spacial score (nSPS) is 18.3. The molecule has 1 aliphatic heterocycles. The van der Waals surface area contributed by atoms with E-state index < -0.39 is 23.5 Å². The maximum Gasteiger partial charge on any atom is 0.295 e. The minimum atomic E-state index is -0.729. The van der Waals surface area contributed by atoms with Crippen LogP contribution in [0, 0.1) is 6.92 Å². The highest BCUT2D eigenvalue weighted by atomic mass is 16.5. The van der Waals surface area contributed by atoms with Crippen LogP contribution < -0.4 is 14.7 Å². The Hall–Kier alpha value is -3.19. The molecule has 30 heavy (non-hydrogen) atoms. The van der Waals surface area contributed by atoms with E-state index in [1.165, 1.54) is 9.80 Å². The molecule has 1 N–H and O–H groups in total. The first-order chi connectivity index (χ1) is 14.3. The van der Waals surface area contributed by atoms with Gasteiger partial charge in [-0.3, -0.25) is 14.6 Å². The second-order valence-corrected chi connectivity index (χ2v) is 7.75. The Kier molecular flexibility index (Phi) is 6.52. The van der Waals surface area contributed by atoms with Gasteiger partial charge in [-0.05, 0) is 47.9 Å². The van der Waals surface area contributed by atoms with Crippen molar-refractivity contribution in [2.24, 2.45) is 0 Å². The number of quaternary nitrogens is 1. The molecule has 7 nitrogen and oxygen atoms in total. The van der Waals surface area contributed by atoms with Crippen LogP contribution in [0.4, 0.5) is 0 Å². The average Bonchev–Trinajstić information content (AvgIpc) is 2.98. The zero-order chi connectivity index (χ0) is 21.8. The number of nitrogens with zero attached hydrogens (tertiary/aromatic N) is 2. The molecule has 2 aromatic rings. The molecule has 1 amide bonds. The zero-order valence-electron chi connectivity index (χ0n) is 17.8. The van der Waals surface area contributed by atoms with Gasteiger partial charge in [-0.1, -0.05) is 11.8 Å². The van der Waals surface area contributed by atoms with Gasteiger partial charge in [0.15, 0.2) is 0 Å². The van der Waals surface area contributed by atoms with Gasteiger partial charge in [-0.15, -0.1) is 0 Å². The Bertz CT molecular complexity index is 970. The van der Waals surface area contributed by atoms with Gasteiger partial charge >= 0.3 is 0 Å². The Morgan fingerprint density at radius 1 is 1.20 bits per heavy atom. The number of pyridine rings is 1. The summed E-state index contributed by atoms with van der Waals surface area (Å²) in [5, 5.41) is 13.4. The third-order valence-electron chi connectivity index (χ3n) is 5.28. The summed E-state index contributed by atoms with van der Waals surface area (Å²) in [5.41, 5.74) is 1.85. The van der Waals surface area contributed by atoms with E-state index in [1.807, 2.05) is 21.0 Å². The van der Waals surface area contributed by atoms with E-state index in [0.717, 1.165) is 18.5 Å². The summed E-state index contributed by atoms with van der Waals surface area (Å²) in [6, 6.07) is 7.79. The highest BCUT2D eigenvalue weighted by Gasteiger charge is 2.43. The largest absolute Gasteiger partial charge is 0.872 e. The number of Topliss-reactive ketones (excluding diaryl/α,β-unsaturated/α-hetero) is 1. The van der Waals surface area contributed by atoms with E-state index in [9.17, 15) is 14.7 Å². The SMILES string of the molecule is COc1ccc(C([O-])=C2C(=O)C(=O)N(CCC[NH+](C)C)C2c2ccncc2)cc1C. The summed E-state index contributed by atoms with van der Waals surface area (Å²) < 4.78 is 5.26. The smallest absolute Gasteiger partial charge is 0.295 e. The second kappa shape index (κ2) is 9.09. The maximum absolute atomic E-state index is 13.4. The van der Waals surface area contributed by atoms with E-state index >= 15 is 0 Å². The first-order valence-corrected chi connectivity index (χ1v) is 9.95. The number of aromatic nitrogens is 1. The minimum absolute atomic E-state index is 0.00651. The monoisotopic (exact) mass is 409 g/mol. The molecule has 1 aromatic carbocycles. The van der Waals surface area contributed by atoms with E-state index in [-0.39, 0.29) is 5.57 Å². The molecule has 0 spiro atoms. The lowest BCUT2D eigenvalue weighted by atomic mass is 9.95. The summed E-state index contributed by atoms with van der Waals surface area (Å²) in [4.78, 5) is 32.6. The molecule has 1 aromatic heterocycles. The number of methoxy groups -OCH3 is 1. The van der Waals surface area contributed by atoms with E-state index in [4.69, 9.17) is 4.74 Å². The molecule has 1 fully saturated rings. The van der Waals surface area contributed by atoms with Gasteiger partial charge in [0.25, 0.3) is 5.91 Å². The van der Waals surface area contributed by atoms with Crippen LogP contribution >= 0.6 is 0 Å². The molecule has 1 atom stereocenters. The van der Waals surface area contributed by atoms with Gasteiger partial charge in [0.05, 0.1) is 33.8 Å². The van der Waals surface area contributed by atoms with Crippen molar-refractivity contribution in [2.75, 3.05) is 34.3 Å². The first kappa shape index (κ1) is 21.5. The molecule has 0 radical (unpaired) electrons. The van der Waals surface area contributed by atoms with Crippen LogP contribution in [-0.2, 0) is 9.59 Å². The number of rotatable bonds is 7. The van der Waals surface area contributed by atoms with Gasteiger partial charge in [0, 0.05) is 30.9 Å². The lowest BCUT2D eigenvalue weighted by Crippen LogP contribution is -3.05. The summed E-state index contributed by atoms with van der Waals surface area (Å²) in [5.74, 6) is -1.13. The fourth-order valence-corrected chi connectivity index (χ4v) is 3.77. The van der Waals surface area contributed by atoms with Crippen LogP contribution in [0.2, 0.25) is 0 Å². The van der Waals surface area contributed by atoms with Gasteiger partial charge in [0.2, 0.25) is 5.78 Å². The minimum Gasteiger partial charge on any atom is -0.872 e. The molecule has 3 rings (SSSR count). The molecule has 0 bridgehead atoms. The van der Waals surface area contributed by atoms with Crippen molar-refractivity contribution in [3.8, 4) is 5.75 Å². The van der Waals surface area contributed by atoms with Crippen LogP contribution in [0.15, 0.2) is 48.3 Å². The molecular weight excluding hydrogens is 382 g/mol. The number of ether oxygens (including phenoxy) is 1. The standard InChI is InChI=1S/C23H27N3O4/c1-15-14-17(6-7-18(15)30-4)21(27)19-20(16-8-10-24-11-9-16)26(23(29)22(19)28)13-5-12-25(2)3/h6-11,14,20,27H,5,12-13H2,1-4H3. The van der Waals surface area contributed by atoms with Crippen molar-refractivity contribution >= 4 is 17.4 Å². The Balaban J connectivity index is 2.08. The quantitative estimate of drug-likeness (QED) is 0.400. The zero-order valence-corrected chi connectivity index (χ0v) is 17.8. The topological polar surface area (TPSA) is 87.0 Å². The molecule has 1 unspecified atom stereocenters. The molecular formula is C23H27N3O4. The third-order valence-corrected chi connectivity index (χ3v) is 5.28. The van der Waals surface area contributed by atoms with Crippen molar-refractivity contribution in [1.82, 2.24) is 9.88 Å². The highest BCUT2D eigenvalue weighted by molar-refractivity contribution is 6.46. The summed E-state index contributed by atoms with van der Waals surface area (Å²) in [6.45, 7) is 3.08. The number of likely N-dealkylation sites (tertiary alicyclic amines) is 1. The number of amides is 1. The van der Waals surface area contributed by atoms with E-state index in [1.54, 1.807) is 49.8 Å². The molecule has 0 saturated carbocycles. The van der Waals surface area contributed by atoms with Crippen molar-refractivity contribution < 1.29 is 24.3 Å². The fourth-order valence-electron chi connectivity index (χ4n) is 3.77. The van der Waals surface area contributed by atoms with Gasteiger partial charge < -0.3 is 19.6 Å². The van der Waals surface area contributed by atoms with Crippen LogP contribution in [0.25, 0.3) is 5.76 Å². The molecule has 158 valence electrons. The predicted octanol–water partition coefficient (Wildman–Crippen LogP) is 0.157. The average molecular weight is 409 g/mol. The number of benzene rings is 1. The highest BCUT2D eigenvalue weighted by Crippen LogP contribution is 2.38. The van der Waals surface area contributed by atoms with Crippen molar-refractivity contribution in [1.29, 1.82) is 0 Å². The lowest BCUT2D eigenvalue weighted by molar-refractivity contribution is -0.858.